The van der Waals surface area contributed by atoms with Crippen molar-refractivity contribution in [2.45, 2.75) is 39.2 Å². The average Bonchev–Trinajstić information content (AvgIpc) is 3.02. The number of benzene rings is 1. The van der Waals surface area contributed by atoms with Crippen molar-refractivity contribution in [2.75, 3.05) is 27.7 Å². The summed E-state index contributed by atoms with van der Waals surface area (Å²) < 4.78 is 7.18. The van der Waals surface area contributed by atoms with Crippen LogP contribution in [0.3, 0.4) is 0 Å². The smallest absolute Gasteiger partial charge is 0.193 e. The highest BCUT2D eigenvalue weighted by Gasteiger charge is 2.14. The number of hydrogen-bond acceptors (Lipinski definition) is 3. The van der Waals surface area contributed by atoms with Crippen LogP contribution in [0, 0.1) is 0 Å². The van der Waals surface area contributed by atoms with Crippen LogP contribution in [0.5, 0.6) is 5.75 Å². The Hall–Kier alpha value is -1.77. The molecule has 0 radical (unpaired) electrons. The van der Waals surface area contributed by atoms with Crippen molar-refractivity contribution in [3.05, 3.63) is 47.3 Å². The van der Waals surface area contributed by atoms with Gasteiger partial charge in [-0.15, -0.1) is 24.0 Å². The van der Waals surface area contributed by atoms with Gasteiger partial charge in [-0.25, -0.2) is 0 Å². The number of hydrogen-bond donors (Lipinski definition) is 1. The van der Waals surface area contributed by atoms with Gasteiger partial charge >= 0.3 is 0 Å². The summed E-state index contributed by atoms with van der Waals surface area (Å²) >= 11 is 0. The number of rotatable bonds is 8. The third kappa shape index (κ3) is 7.00. The second-order valence-corrected chi connectivity index (χ2v) is 7.15. The molecule has 0 aliphatic heterocycles. The summed E-state index contributed by atoms with van der Waals surface area (Å²) in [6.07, 6.45) is 4.14. The molecule has 1 heterocycles. The van der Waals surface area contributed by atoms with E-state index in [2.05, 4.69) is 59.5 Å². The standard InChI is InChI=1S/C21H33N5O.HI/c1-16(2)20-18(15-26(5)24-20)14-25(4)21(22-3)23-12-8-10-17-9-7-11-19(13-17)27-6;/h7,9,11,13,15-16H,8,10,12,14H2,1-6H3,(H,22,23);1H. The minimum Gasteiger partial charge on any atom is -0.497 e. The van der Waals surface area contributed by atoms with Crippen LogP contribution in [0.1, 0.15) is 43.0 Å². The first-order valence-corrected chi connectivity index (χ1v) is 9.51. The zero-order valence-electron chi connectivity index (χ0n) is 17.9. The first-order chi connectivity index (χ1) is 12.9. The van der Waals surface area contributed by atoms with E-state index in [1.807, 2.05) is 30.9 Å². The third-order valence-corrected chi connectivity index (χ3v) is 4.52. The monoisotopic (exact) mass is 499 g/mol. The van der Waals surface area contributed by atoms with Gasteiger partial charge in [0, 0.05) is 46.0 Å². The number of halogens is 1. The normalized spacial score (nSPS) is 11.3. The molecule has 0 spiro atoms. The van der Waals surface area contributed by atoms with E-state index in [4.69, 9.17) is 4.74 Å². The lowest BCUT2D eigenvalue weighted by atomic mass is 10.1. The molecule has 0 saturated heterocycles. The number of aromatic nitrogens is 2. The molecule has 0 aliphatic carbocycles. The van der Waals surface area contributed by atoms with Gasteiger partial charge in [-0.1, -0.05) is 26.0 Å². The Bertz CT molecular complexity index is 757. The Labute approximate surface area is 186 Å². The van der Waals surface area contributed by atoms with E-state index in [1.54, 1.807) is 7.11 Å². The molecule has 0 atom stereocenters. The van der Waals surface area contributed by atoms with Gasteiger partial charge < -0.3 is 15.0 Å². The molecule has 6 nitrogen and oxygen atoms in total. The van der Waals surface area contributed by atoms with Gasteiger partial charge in [0.05, 0.1) is 12.8 Å². The minimum atomic E-state index is 0. The number of aryl methyl sites for hydroxylation is 2. The number of ether oxygens (including phenoxy) is 1. The molecule has 2 rings (SSSR count). The number of nitrogens with one attached hydrogen (secondary N) is 1. The Morgan fingerprint density at radius 3 is 2.75 bits per heavy atom. The molecule has 0 saturated carbocycles. The van der Waals surface area contributed by atoms with Crippen molar-refractivity contribution >= 4 is 29.9 Å². The van der Waals surface area contributed by atoms with E-state index in [1.165, 1.54) is 11.1 Å². The van der Waals surface area contributed by atoms with Gasteiger partial charge in [0.1, 0.15) is 5.75 Å². The summed E-state index contributed by atoms with van der Waals surface area (Å²) in [5.74, 6) is 2.22. The Morgan fingerprint density at radius 1 is 1.36 bits per heavy atom. The van der Waals surface area contributed by atoms with Crippen LogP contribution in [0.15, 0.2) is 35.5 Å². The maximum absolute atomic E-state index is 5.28. The van der Waals surface area contributed by atoms with Crippen molar-refractivity contribution in [1.82, 2.24) is 20.0 Å². The van der Waals surface area contributed by atoms with E-state index in [-0.39, 0.29) is 24.0 Å². The lowest BCUT2D eigenvalue weighted by molar-refractivity contribution is 0.414. The van der Waals surface area contributed by atoms with Crippen LogP contribution >= 0.6 is 24.0 Å². The number of guanidine groups is 1. The SMILES string of the molecule is CN=C(NCCCc1cccc(OC)c1)N(C)Cc1cn(C)nc1C(C)C.I. The quantitative estimate of drug-likeness (QED) is 0.260. The topological polar surface area (TPSA) is 54.7 Å². The second-order valence-electron chi connectivity index (χ2n) is 7.15. The largest absolute Gasteiger partial charge is 0.497 e. The van der Waals surface area contributed by atoms with E-state index in [9.17, 15) is 0 Å². The first kappa shape index (κ1) is 24.3. The summed E-state index contributed by atoms with van der Waals surface area (Å²) in [5, 5.41) is 8.05. The van der Waals surface area contributed by atoms with E-state index in [0.717, 1.165) is 43.3 Å². The highest BCUT2D eigenvalue weighted by molar-refractivity contribution is 14.0. The van der Waals surface area contributed by atoms with Crippen LogP contribution in [0.25, 0.3) is 0 Å². The Morgan fingerprint density at radius 2 is 2.11 bits per heavy atom. The van der Waals surface area contributed by atoms with E-state index < -0.39 is 0 Å². The zero-order chi connectivity index (χ0) is 19.8. The highest BCUT2D eigenvalue weighted by Crippen LogP contribution is 2.18. The Balaban J connectivity index is 0.00000392. The van der Waals surface area contributed by atoms with Gasteiger partial charge in [0.15, 0.2) is 5.96 Å². The predicted octanol–water partition coefficient (Wildman–Crippen LogP) is 3.81. The van der Waals surface area contributed by atoms with Crippen molar-refractivity contribution in [3.8, 4) is 5.75 Å². The summed E-state index contributed by atoms with van der Waals surface area (Å²) in [4.78, 5) is 6.57. The summed E-state index contributed by atoms with van der Waals surface area (Å²) in [6, 6.07) is 8.24. The van der Waals surface area contributed by atoms with Crippen LogP contribution in [-0.2, 0) is 20.0 Å². The fraction of sp³-hybridized carbons (Fsp3) is 0.524. The third-order valence-electron chi connectivity index (χ3n) is 4.52. The zero-order valence-corrected chi connectivity index (χ0v) is 20.2. The summed E-state index contributed by atoms with van der Waals surface area (Å²) in [6.45, 7) is 6.02. The van der Waals surface area contributed by atoms with Gasteiger partial charge in [-0.05, 0) is 36.5 Å². The van der Waals surface area contributed by atoms with Crippen LogP contribution in [0.2, 0.25) is 0 Å². The maximum atomic E-state index is 5.28. The number of aliphatic imine (C=N–C) groups is 1. The molecule has 1 N–H and O–H groups in total. The lowest BCUT2D eigenvalue weighted by Crippen LogP contribution is -2.39. The van der Waals surface area contributed by atoms with Crippen molar-refractivity contribution < 1.29 is 4.74 Å². The Kier molecular flexibility index (Phi) is 10.3. The van der Waals surface area contributed by atoms with Gasteiger partial charge in [0.2, 0.25) is 0 Å². The van der Waals surface area contributed by atoms with Crippen LogP contribution in [0.4, 0.5) is 0 Å². The van der Waals surface area contributed by atoms with Gasteiger partial charge in [-0.2, -0.15) is 5.10 Å². The molecule has 156 valence electrons. The molecular weight excluding hydrogens is 465 g/mol. The van der Waals surface area contributed by atoms with E-state index >= 15 is 0 Å². The van der Waals surface area contributed by atoms with E-state index in [0.29, 0.717) is 5.92 Å². The number of methoxy groups -OCH3 is 1. The molecule has 7 heteroatoms. The van der Waals surface area contributed by atoms with Crippen LogP contribution in [-0.4, -0.2) is 48.4 Å². The fourth-order valence-electron chi connectivity index (χ4n) is 3.20. The molecule has 2 aromatic rings. The molecule has 0 bridgehead atoms. The molecule has 1 aromatic heterocycles. The van der Waals surface area contributed by atoms with Crippen molar-refractivity contribution in [3.63, 3.8) is 0 Å². The number of nitrogens with zero attached hydrogens (tertiary/aromatic N) is 4. The molecule has 0 fully saturated rings. The molecular formula is C21H34IN5O. The first-order valence-electron chi connectivity index (χ1n) is 9.51. The molecule has 28 heavy (non-hydrogen) atoms. The van der Waals surface area contributed by atoms with Gasteiger partial charge in [0.25, 0.3) is 0 Å². The maximum Gasteiger partial charge on any atom is 0.193 e. The van der Waals surface area contributed by atoms with Gasteiger partial charge in [-0.3, -0.25) is 9.67 Å². The molecule has 0 aliphatic rings. The fourth-order valence-corrected chi connectivity index (χ4v) is 3.20. The lowest BCUT2D eigenvalue weighted by Gasteiger charge is -2.22. The average molecular weight is 499 g/mol. The second kappa shape index (κ2) is 11.9. The predicted molar refractivity (Wildman–Crippen MR) is 127 cm³/mol. The van der Waals surface area contributed by atoms with Crippen LogP contribution < -0.4 is 10.1 Å². The molecule has 0 unspecified atom stereocenters. The summed E-state index contributed by atoms with van der Waals surface area (Å²) in [7, 11) is 7.57. The summed E-state index contributed by atoms with van der Waals surface area (Å²) in [5.41, 5.74) is 3.68. The molecule has 1 aromatic carbocycles. The highest BCUT2D eigenvalue weighted by atomic mass is 127. The minimum absolute atomic E-state index is 0. The van der Waals surface area contributed by atoms with Crippen molar-refractivity contribution in [2.24, 2.45) is 12.0 Å². The van der Waals surface area contributed by atoms with Crippen molar-refractivity contribution in [1.29, 1.82) is 0 Å². The molecule has 0 amide bonds.